The highest BCUT2D eigenvalue weighted by Gasteiger charge is 2.51. The summed E-state index contributed by atoms with van der Waals surface area (Å²) in [5, 5.41) is 2.94. The Bertz CT molecular complexity index is 693. The van der Waals surface area contributed by atoms with Crippen LogP contribution in [0.15, 0.2) is 23.2 Å². The monoisotopic (exact) mass is 298 g/mol. The van der Waals surface area contributed by atoms with Crippen molar-refractivity contribution in [3.63, 3.8) is 0 Å². The lowest BCUT2D eigenvalue weighted by atomic mass is 9.81. The van der Waals surface area contributed by atoms with Crippen molar-refractivity contribution in [2.24, 2.45) is 10.9 Å². The van der Waals surface area contributed by atoms with Crippen LogP contribution in [0.25, 0.3) is 0 Å². The van der Waals surface area contributed by atoms with E-state index in [1.54, 1.807) is 0 Å². The SMILES string of the molecule is O=C1Cc2cccc(C3=N[C@@]4(CN5CCC4CC5)ON3)c2N1. The number of hydrogen-bond donors (Lipinski definition) is 2. The third-order valence-electron chi connectivity index (χ3n) is 5.32. The van der Waals surface area contributed by atoms with Gasteiger partial charge >= 0.3 is 0 Å². The van der Waals surface area contributed by atoms with Crippen molar-refractivity contribution in [3.8, 4) is 0 Å². The van der Waals surface area contributed by atoms with E-state index in [9.17, 15) is 4.79 Å². The fourth-order valence-electron chi connectivity index (χ4n) is 4.17. The molecule has 6 nitrogen and oxygen atoms in total. The molecule has 6 heteroatoms. The number of nitrogens with one attached hydrogen (secondary N) is 2. The van der Waals surface area contributed by atoms with Crippen molar-refractivity contribution in [2.45, 2.75) is 25.0 Å². The molecule has 2 N–H and O–H groups in total. The molecule has 1 atom stereocenters. The smallest absolute Gasteiger partial charge is 0.228 e. The van der Waals surface area contributed by atoms with E-state index in [-0.39, 0.29) is 5.91 Å². The average molecular weight is 298 g/mol. The fraction of sp³-hybridized carbons (Fsp3) is 0.500. The summed E-state index contributed by atoms with van der Waals surface area (Å²) in [6.45, 7) is 3.16. The lowest BCUT2D eigenvalue weighted by Crippen LogP contribution is -2.58. The van der Waals surface area contributed by atoms with E-state index in [0.717, 1.165) is 55.1 Å². The van der Waals surface area contributed by atoms with Crippen LogP contribution >= 0.6 is 0 Å². The van der Waals surface area contributed by atoms with Crippen LogP contribution in [-0.4, -0.2) is 42.0 Å². The molecule has 5 aliphatic heterocycles. The molecule has 5 heterocycles. The Morgan fingerprint density at radius 2 is 2.18 bits per heavy atom. The van der Waals surface area contributed by atoms with Gasteiger partial charge in [-0.15, -0.1) is 0 Å². The van der Waals surface area contributed by atoms with E-state index in [0.29, 0.717) is 12.3 Å². The van der Waals surface area contributed by atoms with Crippen LogP contribution < -0.4 is 10.8 Å². The zero-order valence-electron chi connectivity index (χ0n) is 12.3. The van der Waals surface area contributed by atoms with E-state index in [1.165, 1.54) is 0 Å². The zero-order valence-corrected chi connectivity index (χ0v) is 12.3. The summed E-state index contributed by atoms with van der Waals surface area (Å²) in [4.78, 5) is 25.0. The molecule has 3 saturated heterocycles. The standard InChI is InChI=1S/C16H18N4O2/c21-13-8-10-2-1-3-12(14(10)17-13)15-18-16(22-19-15)9-20-6-4-11(16)5-7-20/h1-3,11H,4-9H2,(H,17,21)(H,18,19)/t16-/m0/s1. The molecule has 0 radical (unpaired) electrons. The maximum Gasteiger partial charge on any atom is 0.228 e. The van der Waals surface area contributed by atoms with Crippen molar-refractivity contribution in [2.75, 3.05) is 25.0 Å². The van der Waals surface area contributed by atoms with Gasteiger partial charge < -0.3 is 5.32 Å². The number of anilines is 1. The molecule has 0 saturated carbocycles. The van der Waals surface area contributed by atoms with Crippen LogP contribution in [0.1, 0.15) is 24.0 Å². The zero-order chi connectivity index (χ0) is 14.7. The number of piperidine rings is 3. The second-order valence-electron chi connectivity index (χ2n) is 6.62. The van der Waals surface area contributed by atoms with Gasteiger partial charge in [0, 0.05) is 11.5 Å². The molecule has 5 aliphatic rings. The van der Waals surface area contributed by atoms with Gasteiger partial charge in [-0.25, -0.2) is 15.3 Å². The number of para-hydroxylation sites is 1. The fourth-order valence-corrected chi connectivity index (χ4v) is 4.17. The van der Waals surface area contributed by atoms with Gasteiger partial charge in [0.05, 0.1) is 18.7 Å². The maximum atomic E-state index is 11.7. The van der Waals surface area contributed by atoms with Gasteiger partial charge in [-0.3, -0.25) is 9.69 Å². The highest BCUT2D eigenvalue weighted by molar-refractivity contribution is 6.10. The van der Waals surface area contributed by atoms with Crippen LogP contribution in [0.4, 0.5) is 5.69 Å². The van der Waals surface area contributed by atoms with E-state index < -0.39 is 5.72 Å². The third kappa shape index (κ3) is 1.68. The summed E-state index contributed by atoms with van der Waals surface area (Å²) in [5.74, 6) is 1.26. The number of carbonyl (C=O) groups excluding carboxylic acids is 1. The number of hydrogen-bond acceptors (Lipinski definition) is 5. The lowest BCUT2D eigenvalue weighted by molar-refractivity contribution is -0.155. The van der Waals surface area contributed by atoms with Crippen molar-refractivity contribution in [1.82, 2.24) is 10.4 Å². The topological polar surface area (TPSA) is 66.0 Å². The Balaban J connectivity index is 1.54. The molecule has 22 heavy (non-hydrogen) atoms. The quantitative estimate of drug-likeness (QED) is 0.808. The molecule has 0 unspecified atom stereocenters. The van der Waals surface area contributed by atoms with Crippen molar-refractivity contribution in [1.29, 1.82) is 0 Å². The predicted molar refractivity (Wildman–Crippen MR) is 81.4 cm³/mol. The Kier molecular flexibility index (Phi) is 2.46. The molecule has 114 valence electrons. The van der Waals surface area contributed by atoms with Gasteiger partial charge in [0.15, 0.2) is 5.84 Å². The van der Waals surface area contributed by atoms with Crippen molar-refractivity contribution >= 4 is 17.4 Å². The Hall–Kier alpha value is -1.92. The van der Waals surface area contributed by atoms with Crippen LogP contribution in [0.5, 0.6) is 0 Å². The molecular weight excluding hydrogens is 280 g/mol. The molecular formula is C16H18N4O2. The van der Waals surface area contributed by atoms with Gasteiger partial charge in [-0.1, -0.05) is 12.1 Å². The highest BCUT2D eigenvalue weighted by atomic mass is 16.7. The first-order valence-electron chi connectivity index (χ1n) is 7.92. The number of hydroxylamine groups is 1. The summed E-state index contributed by atoms with van der Waals surface area (Å²) < 4.78 is 0. The van der Waals surface area contributed by atoms with Crippen LogP contribution in [-0.2, 0) is 16.1 Å². The number of benzene rings is 1. The number of carbonyl (C=O) groups is 1. The Morgan fingerprint density at radius 3 is 2.95 bits per heavy atom. The minimum absolute atomic E-state index is 0.0412. The molecule has 3 fully saturated rings. The van der Waals surface area contributed by atoms with E-state index >= 15 is 0 Å². The number of fused-ring (bicyclic) bond motifs is 3. The first-order valence-corrected chi connectivity index (χ1v) is 7.92. The summed E-state index contributed by atoms with van der Waals surface area (Å²) in [5.41, 5.74) is 5.42. The maximum absolute atomic E-state index is 11.7. The second-order valence-corrected chi connectivity index (χ2v) is 6.62. The first kappa shape index (κ1) is 12.6. The normalized spacial score (nSPS) is 35.3. The molecule has 1 spiro atoms. The van der Waals surface area contributed by atoms with Crippen molar-refractivity contribution in [3.05, 3.63) is 29.3 Å². The average Bonchev–Trinajstić information content (AvgIpc) is 3.11. The van der Waals surface area contributed by atoms with E-state index in [2.05, 4.69) is 15.7 Å². The minimum atomic E-state index is -0.447. The molecule has 0 aromatic heterocycles. The van der Waals surface area contributed by atoms with Gasteiger partial charge in [0.1, 0.15) is 0 Å². The highest BCUT2D eigenvalue weighted by Crippen LogP contribution is 2.41. The summed E-state index contributed by atoms with van der Waals surface area (Å²) in [7, 11) is 0. The van der Waals surface area contributed by atoms with Crippen LogP contribution in [0.3, 0.4) is 0 Å². The number of rotatable bonds is 1. The third-order valence-corrected chi connectivity index (χ3v) is 5.32. The predicted octanol–water partition coefficient (Wildman–Crippen LogP) is 0.884. The van der Waals surface area contributed by atoms with Gasteiger partial charge in [0.25, 0.3) is 0 Å². The molecule has 1 aromatic rings. The molecule has 6 rings (SSSR count). The molecule has 1 amide bonds. The Morgan fingerprint density at radius 1 is 1.32 bits per heavy atom. The number of amides is 1. The van der Waals surface area contributed by atoms with Crippen LogP contribution in [0, 0.1) is 5.92 Å². The van der Waals surface area contributed by atoms with Crippen molar-refractivity contribution < 1.29 is 9.63 Å². The number of nitrogens with zero attached hydrogens (tertiary/aromatic N) is 2. The van der Waals surface area contributed by atoms with E-state index in [4.69, 9.17) is 9.83 Å². The van der Waals surface area contributed by atoms with Gasteiger partial charge in [0.2, 0.25) is 11.6 Å². The lowest BCUT2D eigenvalue weighted by Gasteiger charge is -2.47. The molecule has 1 aromatic carbocycles. The largest absolute Gasteiger partial charge is 0.325 e. The van der Waals surface area contributed by atoms with Gasteiger partial charge in [-0.2, -0.15) is 0 Å². The summed E-state index contributed by atoms with van der Waals surface area (Å²) in [6.07, 6.45) is 2.73. The Labute approximate surface area is 128 Å². The number of aliphatic imine (C=N–C) groups is 1. The molecule has 0 aliphatic carbocycles. The van der Waals surface area contributed by atoms with E-state index in [1.807, 2.05) is 18.2 Å². The second kappa shape index (κ2) is 4.30. The van der Waals surface area contributed by atoms with Gasteiger partial charge in [-0.05, 0) is 37.6 Å². The van der Waals surface area contributed by atoms with Crippen LogP contribution in [0.2, 0.25) is 0 Å². The summed E-state index contributed by atoms with van der Waals surface area (Å²) in [6, 6.07) is 5.94. The molecule has 2 bridgehead atoms. The first-order chi connectivity index (χ1) is 10.7. The minimum Gasteiger partial charge on any atom is -0.325 e. The number of amidine groups is 1. The summed E-state index contributed by atoms with van der Waals surface area (Å²) >= 11 is 0.